The number of fused-ring (bicyclic) bond motifs is 2. The minimum atomic E-state index is -0.704. The number of thiazole rings is 1. The number of aliphatic carboxylic acids is 1. The van der Waals surface area contributed by atoms with Crippen molar-refractivity contribution in [1.29, 1.82) is 0 Å². The molecule has 5 rings (SSSR count). The number of allylic oxidation sites excluding steroid dienone is 4. The molecule has 1 aromatic heterocycles. The maximum absolute atomic E-state index is 10.8. The number of hydrogen-bond donors (Lipinski definition) is 1. The lowest BCUT2D eigenvalue weighted by atomic mass is 9.95. The van der Waals surface area contributed by atoms with Crippen LogP contribution in [0.5, 0.6) is 0 Å². The number of thioether (sulfide) groups is 1. The second kappa shape index (κ2) is 10.8. The summed E-state index contributed by atoms with van der Waals surface area (Å²) in [4.78, 5) is 14.5. The van der Waals surface area contributed by atoms with Crippen molar-refractivity contribution in [2.24, 2.45) is 7.05 Å². The van der Waals surface area contributed by atoms with E-state index in [1.165, 1.54) is 48.4 Å². The van der Waals surface area contributed by atoms with Gasteiger partial charge in [0, 0.05) is 30.0 Å². The van der Waals surface area contributed by atoms with E-state index >= 15 is 0 Å². The zero-order valence-electron chi connectivity index (χ0n) is 20.1. The highest BCUT2D eigenvalue weighted by Crippen LogP contribution is 2.46. The van der Waals surface area contributed by atoms with Crippen molar-refractivity contribution in [3.8, 4) is 0 Å². The number of aromatic nitrogens is 1. The summed E-state index contributed by atoms with van der Waals surface area (Å²) in [5.41, 5.74) is 5.33. The van der Waals surface area contributed by atoms with E-state index in [0.29, 0.717) is 0 Å². The van der Waals surface area contributed by atoms with Gasteiger partial charge >= 0.3 is 5.97 Å². The first-order valence-electron chi connectivity index (χ1n) is 12.3. The third-order valence-electron chi connectivity index (χ3n) is 6.60. The van der Waals surface area contributed by atoms with Crippen molar-refractivity contribution in [3.63, 3.8) is 0 Å². The SMILES string of the molecule is C[n+]1c(/C=C2C=C(/C=C3\Sc4ccccc4N3CCCCCC(=O)O)CCC/2)sc2ccccc21. The average Bonchev–Trinajstić information content (AvgIpc) is 3.36. The molecule has 0 spiro atoms. The number of hydrogen-bond acceptors (Lipinski definition) is 4. The molecule has 180 valence electrons. The van der Waals surface area contributed by atoms with E-state index in [1.807, 2.05) is 23.1 Å². The monoisotopic (exact) mass is 503 g/mol. The predicted octanol–water partition coefficient (Wildman–Crippen LogP) is 7.32. The van der Waals surface area contributed by atoms with Gasteiger partial charge in [0.25, 0.3) is 5.01 Å². The van der Waals surface area contributed by atoms with Gasteiger partial charge in [-0.05, 0) is 67.5 Å². The minimum Gasteiger partial charge on any atom is -0.481 e. The summed E-state index contributed by atoms with van der Waals surface area (Å²) in [7, 11) is 2.15. The van der Waals surface area contributed by atoms with E-state index in [0.717, 1.165) is 38.6 Å². The average molecular weight is 504 g/mol. The highest BCUT2D eigenvalue weighted by atomic mass is 32.2. The summed E-state index contributed by atoms with van der Waals surface area (Å²) in [6, 6.07) is 17.2. The maximum Gasteiger partial charge on any atom is 0.303 e. The van der Waals surface area contributed by atoms with Crippen molar-refractivity contribution in [3.05, 3.63) is 81.9 Å². The molecule has 2 heterocycles. The Balaban J connectivity index is 1.36. The van der Waals surface area contributed by atoms with Crippen LogP contribution >= 0.6 is 23.1 Å². The van der Waals surface area contributed by atoms with Crippen LogP contribution in [0, 0.1) is 0 Å². The third kappa shape index (κ3) is 5.54. The highest BCUT2D eigenvalue weighted by Gasteiger charge is 2.25. The van der Waals surface area contributed by atoms with Gasteiger partial charge in [-0.2, -0.15) is 4.57 Å². The summed E-state index contributed by atoms with van der Waals surface area (Å²) in [6.45, 7) is 0.920. The Morgan fingerprint density at radius 3 is 2.74 bits per heavy atom. The summed E-state index contributed by atoms with van der Waals surface area (Å²) >= 11 is 3.70. The number of carboxylic acid groups (broad SMARTS) is 1. The Labute approximate surface area is 215 Å². The summed E-state index contributed by atoms with van der Waals surface area (Å²) in [5, 5.41) is 11.5. The number of rotatable bonds is 8. The van der Waals surface area contributed by atoms with Crippen molar-refractivity contribution >= 4 is 51.0 Å². The first-order chi connectivity index (χ1) is 17.1. The van der Waals surface area contributed by atoms with E-state index in [1.54, 1.807) is 0 Å². The molecule has 2 aromatic carbocycles. The van der Waals surface area contributed by atoms with Gasteiger partial charge in [-0.3, -0.25) is 4.79 Å². The van der Waals surface area contributed by atoms with Gasteiger partial charge < -0.3 is 10.0 Å². The summed E-state index contributed by atoms with van der Waals surface area (Å²) in [6.07, 6.45) is 13.4. The fourth-order valence-corrected chi connectivity index (χ4v) is 7.08. The van der Waals surface area contributed by atoms with Gasteiger partial charge in [-0.25, -0.2) is 0 Å². The quantitative estimate of drug-likeness (QED) is 0.258. The molecule has 0 bridgehead atoms. The van der Waals surface area contributed by atoms with Gasteiger partial charge in [0.15, 0.2) is 0 Å². The smallest absolute Gasteiger partial charge is 0.303 e. The van der Waals surface area contributed by atoms with Crippen LogP contribution in [-0.2, 0) is 11.8 Å². The molecular weight excluding hydrogens is 472 g/mol. The number of benzene rings is 2. The lowest BCUT2D eigenvalue weighted by Crippen LogP contribution is -2.28. The molecule has 35 heavy (non-hydrogen) atoms. The lowest BCUT2D eigenvalue weighted by Gasteiger charge is -2.21. The molecule has 4 nitrogen and oxygen atoms in total. The molecule has 1 aliphatic carbocycles. The Morgan fingerprint density at radius 2 is 1.89 bits per heavy atom. The topological polar surface area (TPSA) is 44.4 Å². The third-order valence-corrected chi connectivity index (χ3v) is 8.88. The Kier molecular flexibility index (Phi) is 7.40. The van der Waals surface area contributed by atoms with Crippen LogP contribution in [0.3, 0.4) is 0 Å². The van der Waals surface area contributed by atoms with Gasteiger partial charge in [0.2, 0.25) is 5.52 Å². The first-order valence-corrected chi connectivity index (χ1v) is 14.0. The fourth-order valence-electron chi connectivity index (χ4n) is 4.78. The molecule has 6 heteroatoms. The standard InChI is InChI=1S/C29H30N2O2S2/c1-30-23-12-4-6-14-25(23)34-27(30)19-21-10-9-11-22(18-21)20-28-31(17-8-2-3-16-29(32)33)24-13-5-7-15-26(24)35-28/h4-7,12-15,18-20H,2-3,8-11,16-17H2,1H3/p+1. The van der Waals surface area contributed by atoms with E-state index in [-0.39, 0.29) is 6.42 Å². The van der Waals surface area contributed by atoms with Crippen LogP contribution in [0.2, 0.25) is 0 Å². The van der Waals surface area contributed by atoms with Crippen LogP contribution in [0.25, 0.3) is 16.3 Å². The van der Waals surface area contributed by atoms with Crippen LogP contribution in [-0.4, -0.2) is 17.6 Å². The predicted molar refractivity (Wildman–Crippen MR) is 147 cm³/mol. The van der Waals surface area contributed by atoms with Crippen molar-refractivity contribution in [1.82, 2.24) is 0 Å². The summed E-state index contributed by atoms with van der Waals surface area (Å²) < 4.78 is 3.62. The van der Waals surface area contributed by atoms with E-state index in [9.17, 15) is 4.79 Å². The molecule has 2 aliphatic rings. The number of nitrogens with zero attached hydrogens (tertiary/aromatic N) is 2. The zero-order chi connectivity index (χ0) is 24.2. The fraction of sp³-hybridized carbons (Fsp3) is 0.310. The second-order valence-electron chi connectivity index (χ2n) is 9.17. The minimum absolute atomic E-state index is 0.258. The number of unbranched alkanes of at least 4 members (excludes halogenated alkanes) is 2. The molecule has 0 saturated carbocycles. The molecular formula is C29H31N2O2S2+. The van der Waals surface area contributed by atoms with Crippen LogP contribution in [0.1, 0.15) is 50.0 Å². The first kappa shape index (κ1) is 23.9. The van der Waals surface area contributed by atoms with Crippen molar-refractivity contribution in [2.75, 3.05) is 11.4 Å². The number of carbonyl (C=O) groups is 1. The largest absolute Gasteiger partial charge is 0.481 e. The Hall–Kier alpha value is -2.83. The molecule has 0 radical (unpaired) electrons. The van der Waals surface area contributed by atoms with Gasteiger partial charge in [-0.1, -0.05) is 59.9 Å². The molecule has 0 fully saturated rings. The number of carboxylic acids is 1. The highest BCUT2D eigenvalue weighted by molar-refractivity contribution is 8.03. The van der Waals surface area contributed by atoms with Crippen LogP contribution in [0.15, 0.2) is 81.8 Å². The van der Waals surface area contributed by atoms with Gasteiger partial charge in [0.1, 0.15) is 11.7 Å². The Morgan fingerprint density at radius 1 is 1.06 bits per heavy atom. The molecule has 0 saturated heterocycles. The number of para-hydroxylation sites is 2. The van der Waals surface area contributed by atoms with Crippen LogP contribution in [0.4, 0.5) is 5.69 Å². The normalized spacial score (nSPS) is 17.9. The summed E-state index contributed by atoms with van der Waals surface area (Å²) in [5.74, 6) is -0.704. The van der Waals surface area contributed by atoms with Crippen LogP contribution < -0.4 is 9.47 Å². The Bertz CT molecular complexity index is 1340. The number of anilines is 1. The van der Waals surface area contributed by atoms with Gasteiger partial charge in [0.05, 0.1) is 10.7 Å². The maximum atomic E-state index is 10.8. The lowest BCUT2D eigenvalue weighted by molar-refractivity contribution is -0.642. The van der Waals surface area contributed by atoms with Crippen molar-refractivity contribution in [2.45, 2.75) is 49.8 Å². The van der Waals surface area contributed by atoms with Gasteiger partial charge in [-0.15, -0.1) is 0 Å². The van der Waals surface area contributed by atoms with Crippen molar-refractivity contribution < 1.29 is 14.5 Å². The molecule has 3 aromatic rings. The number of aryl methyl sites for hydroxylation is 1. The zero-order valence-corrected chi connectivity index (χ0v) is 21.7. The molecule has 1 aliphatic heterocycles. The molecule has 1 N–H and O–H groups in total. The molecule has 0 amide bonds. The molecule has 0 atom stereocenters. The second-order valence-corrected chi connectivity index (χ2v) is 11.3. The van der Waals surface area contributed by atoms with E-state index in [2.05, 4.69) is 83.3 Å². The van der Waals surface area contributed by atoms with E-state index in [4.69, 9.17) is 5.11 Å². The van der Waals surface area contributed by atoms with E-state index < -0.39 is 5.97 Å². The molecule has 0 unspecified atom stereocenters.